The Morgan fingerprint density at radius 1 is 1.00 bits per heavy atom. The molecule has 0 bridgehead atoms. The Bertz CT molecular complexity index is 183. The van der Waals surface area contributed by atoms with E-state index in [2.05, 4.69) is 58.2 Å². The average molecular weight is 243 g/mol. The minimum Gasteiger partial charge on any atom is -0.297 e. The minimum absolute atomic E-state index is 0.687. The fraction of sp³-hybridized carbons (Fsp3) is 1.00. The van der Waals surface area contributed by atoms with E-state index in [4.69, 9.17) is 0 Å². The standard InChI is InChI=1S/C14H29NS/c1-10(2)13-14(11(3)4)16-9-7-8-15(13)12(5)6/h10-14H,7-9H2,1-6H3. The van der Waals surface area contributed by atoms with E-state index in [0.29, 0.717) is 6.04 Å². The van der Waals surface area contributed by atoms with Crippen molar-refractivity contribution >= 4 is 11.8 Å². The third-order valence-corrected chi connectivity index (χ3v) is 5.33. The molecule has 96 valence electrons. The molecular weight excluding hydrogens is 214 g/mol. The van der Waals surface area contributed by atoms with Crippen molar-refractivity contribution in [3.05, 3.63) is 0 Å². The lowest BCUT2D eigenvalue weighted by Crippen LogP contribution is -2.49. The maximum atomic E-state index is 2.75. The Labute approximate surface area is 106 Å². The highest BCUT2D eigenvalue weighted by atomic mass is 32.2. The molecule has 1 rings (SSSR count). The highest BCUT2D eigenvalue weighted by Gasteiger charge is 2.35. The predicted octanol–water partition coefficient (Wildman–Crippen LogP) is 3.88. The number of rotatable bonds is 3. The highest BCUT2D eigenvalue weighted by molar-refractivity contribution is 7.99. The summed E-state index contributed by atoms with van der Waals surface area (Å²) in [6.45, 7) is 15.5. The van der Waals surface area contributed by atoms with Crippen molar-refractivity contribution in [2.75, 3.05) is 12.3 Å². The van der Waals surface area contributed by atoms with E-state index in [1.165, 1.54) is 18.7 Å². The summed E-state index contributed by atoms with van der Waals surface area (Å²) in [5.74, 6) is 2.90. The molecule has 1 fully saturated rings. The first-order chi connectivity index (χ1) is 7.45. The van der Waals surface area contributed by atoms with Gasteiger partial charge in [-0.2, -0.15) is 11.8 Å². The van der Waals surface area contributed by atoms with Crippen molar-refractivity contribution in [3.8, 4) is 0 Å². The molecule has 2 atom stereocenters. The van der Waals surface area contributed by atoms with Gasteiger partial charge in [0, 0.05) is 17.3 Å². The lowest BCUT2D eigenvalue weighted by molar-refractivity contribution is 0.109. The molecule has 0 radical (unpaired) electrons. The van der Waals surface area contributed by atoms with Crippen LogP contribution in [0.2, 0.25) is 0 Å². The summed E-state index contributed by atoms with van der Waals surface area (Å²) < 4.78 is 0. The van der Waals surface area contributed by atoms with Crippen LogP contribution in [0.3, 0.4) is 0 Å². The van der Waals surface area contributed by atoms with E-state index >= 15 is 0 Å². The molecule has 0 saturated carbocycles. The van der Waals surface area contributed by atoms with Gasteiger partial charge < -0.3 is 0 Å². The van der Waals surface area contributed by atoms with Crippen LogP contribution in [0.4, 0.5) is 0 Å². The van der Waals surface area contributed by atoms with E-state index in [-0.39, 0.29) is 0 Å². The van der Waals surface area contributed by atoms with Crippen LogP contribution < -0.4 is 0 Å². The Kier molecular flexibility index (Phi) is 5.66. The van der Waals surface area contributed by atoms with Crippen LogP contribution in [-0.4, -0.2) is 34.5 Å². The van der Waals surface area contributed by atoms with Crippen LogP contribution in [0.25, 0.3) is 0 Å². The molecule has 0 aromatic carbocycles. The molecule has 0 N–H and O–H groups in total. The fourth-order valence-electron chi connectivity index (χ4n) is 2.85. The quantitative estimate of drug-likeness (QED) is 0.740. The van der Waals surface area contributed by atoms with Gasteiger partial charge in [0.15, 0.2) is 0 Å². The van der Waals surface area contributed by atoms with Crippen molar-refractivity contribution in [1.29, 1.82) is 0 Å². The van der Waals surface area contributed by atoms with Gasteiger partial charge in [0.25, 0.3) is 0 Å². The summed E-state index contributed by atoms with van der Waals surface area (Å²) in [7, 11) is 0. The molecule has 1 aliphatic heterocycles. The summed E-state index contributed by atoms with van der Waals surface area (Å²) in [5, 5.41) is 0.810. The maximum absolute atomic E-state index is 2.75. The molecule has 0 aromatic rings. The fourth-order valence-corrected chi connectivity index (χ4v) is 4.48. The summed E-state index contributed by atoms with van der Waals surface area (Å²) in [4.78, 5) is 2.75. The van der Waals surface area contributed by atoms with Crippen LogP contribution in [0.5, 0.6) is 0 Å². The monoisotopic (exact) mass is 243 g/mol. The van der Waals surface area contributed by atoms with Gasteiger partial charge in [-0.05, 0) is 44.4 Å². The average Bonchev–Trinajstić information content (AvgIpc) is 2.38. The maximum Gasteiger partial charge on any atom is 0.0242 e. The third kappa shape index (κ3) is 3.40. The van der Waals surface area contributed by atoms with Crippen molar-refractivity contribution < 1.29 is 0 Å². The van der Waals surface area contributed by atoms with Gasteiger partial charge in [-0.1, -0.05) is 27.7 Å². The smallest absolute Gasteiger partial charge is 0.0242 e. The Morgan fingerprint density at radius 3 is 2.06 bits per heavy atom. The lowest BCUT2D eigenvalue weighted by atomic mass is 9.91. The molecule has 16 heavy (non-hydrogen) atoms. The van der Waals surface area contributed by atoms with Crippen molar-refractivity contribution in [1.82, 2.24) is 4.90 Å². The van der Waals surface area contributed by atoms with Crippen LogP contribution in [0.1, 0.15) is 48.0 Å². The summed E-state index contributed by atoms with van der Waals surface area (Å²) in [6.07, 6.45) is 1.36. The Morgan fingerprint density at radius 2 is 1.62 bits per heavy atom. The molecule has 0 aromatic heterocycles. The minimum atomic E-state index is 0.687. The highest BCUT2D eigenvalue weighted by Crippen LogP contribution is 2.34. The largest absolute Gasteiger partial charge is 0.297 e. The Balaban J connectivity index is 2.89. The lowest BCUT2D eigenvalue weighted by Gasteiger charge is -2.41. The number of hydrogen-bond acceptors (Lipinski definition) is 2. The zero-order valence-corrected chi connectivity index (χ0v) is 12.7. The normalized spacial score (nSPS) is 29.1. The number of nitrogens with zero attached hydrogens (tertiary/aromatic N) is 1. The van der Waals surface area contributed by atoms with Crippen LogP contribution >= 0.6 is 11.8 Å². The molecule has 0 spiro atoms. The second-order valence-electron chi connectivity index (χ2n) is 6.00. The second-order valence-corrected chi connectivity index (χ2v) is 7.29. The summed E-state index contributed by atoms with van der Waals surface area (Å²) in [5.41, 5.74) is 0. The van der Waals surface area contributed by atoms with E-state index in [1.54, 1.807) is 0 Å². The van der Waals surface area contributed by atoms with Crippen LogP contribution in [-0.2, 0) is 0 Å². The van der Waals surface area contributed by atoms with Crippen LogP contribution in [0, 0.1) is 11.8 Å². The van der Waals surface area contributed by atoms with E-state index in [0.717, 1.165) is 23.1 Å². The molecule has 1 nitrogen and oxygen atoms in total. The van der Waals surface area contributed by atoms with Gasteiger partial charge in [0.1, 0.15) is 0 Å². The molecule has 1 heterocycles. The van der Waals surface area contributed by atoms with E-state index in [9.17, 15) is 0 Å². The van der Waals surface area contributed by atoms with Gasteiger partial charge >= 0.3 is 0 Å². The summed E-state index contributed by atoms with van der Waals surface area (Å²) >= 11 is 2.21. The van der Waals surface area contributed by atoms with Gasteiger partial charge in [0.2, 0.25) is 0 Å². The molecular formula is C14H29NS. The summed E-state index contributed by atoms with van der Waals surface area (Å²) in [6, 6.07) is 1.44. The Hall–Kier alpha value is 0.310. The van der Waals surface area contributed by atoms with E-state index < -0.39 is 0 Å². The van der Waals surface area contributed by atoms with Gasteiger partial charge in [-0.3, -0.25) is 4.90 Å². The van der Waals surface area contributed by atoms with Crippen molar-refractivity contribution in [3.63, 3.8) is 0 Å². The molecule has 0 amide bonds. The second kappa shape index (κ2) is 6.30. The molecule has 1 aliphatic rings. The van der Waals surface area contributed by atoms with Crippen molar-refractivity contribution in [2.24, 2.45) is 11.8 Å². The molecule has 0 aliphatic carbocycles. The van der Waals surface area contributed by atoms with Gasteiger partial charge in [-0.15, -0.1) is 0 Å². The first kappa shape index (κ1) is 14.4. The zero-order chi connectivity index (χ0) is 12.3. The van der Waals surface area contributed by atoms with Crippen molar-refractivity contribution in [2.45, 2.75) is 65.3 Å². The van der Waals surface area contributed by atoms with E-state index in [1.807, 2.05) is 0 Å². The molecule has 2 heteroatoms. The SMILES string of the molecule is CC(C)C1SCCCN(C(C)C)C1C(C)C. The third-order valence-electron chi connectivity index (χ3n) is 3.59. The first-order valence-corrected chi connectivity index (χ1v) is 7.87. The number of thioether (sulfide) groups is 1. The topological polar surface area (TPSA) is 3.24 Å². The predicted molar refractivity (Wildman–Crippen MR) is 76.2 cm³/mol. The van der Waals surface area contributed by atoms with Gasteiger partial charge in [0.05, 0.1) is 0 Å². The molecule has 2 unspecified atom stereocenters. The van der Waals surface area contributed by atoms with Gasteiger partial charge in [-0.25, -0.2) is 0 Å². The molecule has 1 saturated heterocycles. The van der Waals surface area contributed by atoms with Crippen LogP contribution in [0.15, 0.2) is 0 Å². The zero-order valence-electron chi connectivity index (χ0n) is 11.9. The first-order valence-electron chi connectivity index (χ1n) is 6.82. The number of hydrogen-bond donors (Lipinski definition) is 0.